The van der Waals surface area contributed by atoms with Gasteiger partial charge in [0.05, 0.1) is 6.54 Å². The summed E-state index contributed by atoms with van der Waals surface area (Å²) in [5.41, 5.74) is 3.13. The van der Waals surface area contributed by atoms with E-state index in [1.807, 2.05) is 63.2 Å². The molecular weight excluding hydrogens is 312 g/mol. The normalized spacial score (nSPS) is 20.0. The van der Waals surface area contributed by atoms with E-state index in [2.05, 4.69) is 11.4 Å². The second kappa shape index (κ2) is 6.71. The molecule has 1 N–H and O–H groups in total. The Morgan fingerprint density at radius 2 is 1.64 bits per heavy atom. The number of rotatable bonds is 5. The van der Waals surface area contributed by atoms with Crippen molar-refractivity contribution in [2.24, 2.45) is 0 Å². The summed E-state index contributed by atoms with van der Waals surface area (Å²) < 4.78 is 0. The fourth-order valence-electron chi connectivity index (χ4n) is 3.72. The Balaban J connectivity index is 1.95. The first-order chi connectivity index (χ1) is 12.0. The molecule has 3 rings (SSSR count). The predicted octanol–water partition coefficient (Wildman–Crippen LogP) is 4.05. The van der Waals surface area contributed by atoms with Gasteiger partial charge in [-0.3, -0.25) is 9.69 Å². The number of amides is 3. The molecule has 0 aliphatic carbocycles. The van der Waals surface area contributed by atoms with Gasteiger partial charge >= 0.3 is 6.03 Å². The average Bonchev–Trinajstić information content (AvgIpc) is 2.80. The number of imide groups is 1. The molecule has 1 heterocycles. The summed E-state index contributed by atoms with van der Waals surface area (Å²) in [6, 6.07) is 15.4. The van der Waals surface area contributed by atoms with Crippen molar-refractivity contribution < 1.29 is 9.59 Å². The first-order valence-corrected chi connectivity index (χ1v) is 8.73. The molecule has 1 atom stereocenters. The third kappa shape index (κ3) is 3.16. The Morgan fingerprint density at radius 3 is 2.24 bits per heavy atom. The second-order valence-electron chi connectivity index (χ2n) is 6.84. The standard InChI is InChI=1S/C21H24N2O2/c1-4-10-21(18-8-6-5-7-9-18)19(24)23(20(25)22-21)14-17-12-15(2)11-16(3)13-17/h5-9,11-13H,4,10,14H2,1-3H3,(H,22,25). The van der Waals surface area contributed by atoms with E-state index >= 15 is 0 Å². The largest absolute Gasteiger partial charge is 0.325 e. The number of benzene rings is 2. The zero-order chi connectivity index (χ0) is 18.0. The maximum Gasteiger partial charge on any atom is 0.325 e. The smallest absolute Gasteiger partial charge is 0.319 e. The van der Waals surface area contributed by atoms with Gasteiger partial charge in [-0.2, -0.15) is 0 Å². The van der Waals surface area contributed by atoms with Gasteiger partial charge in [-0.15, -0.1) is 0 Å². The molecule has 1 aliphatic heterocycles. The van der Waals surface area contributed by atoms with Crippen molar-refractivity contribution in [3.05, 3.63) is 70.8 Å². The van der Waals surface area contributed by atoms with Crippen LogP contribution in [0.15, 0.2) is 48.5 Å². The van der Waals surface area contributed by atoms with Crippen LogP contribution in [0.4, 0.5) is 4.79 Å². The highest BCUT2D eigenvalue weighted by Crippen LogP contribution is 2.34. The molecule has 0 aromatic heterocycles. The maximum atomic E-state index is 13.2. The van der Waals surface area contributed by atoms with Crippen molar-refractivity contribution in [2.45, 2.75) is 45.7 Å². The second-order valence-corrected chi connectivity index (χ2v) is 6.84. The molecule has 2 aromatic carbocycles. The lowest BCUT2D eigenvalue weighted by molar-refractivity contribution is -0.132. The molecule has 2 aromatic rings. The van der Waals surface area contributed by atoms with E-state index < -0.39 is 5.54 Å². The summed E-state index contributed by atoms with van der Waals surface area (Å²) in [6.07, 6.45) is 1.39. The highest BCUT2D eigenvalue weighted by atomic mass is 16.2. The van der Waals surface area contributed by atoms with Gasteiger partial charge in [0.2, 0.25) is 0 Å². The van der Waals surface area contributed by atoms with Crippen LogP contribution in [0.3, 0.4) is 0 Å². The van der Waals surface area contributed by atoms with E-state index in [1.54, 1.807) is 0 Å². The van der Waals surface area contributed by atoms with Crippen LogP contribution < -0.4 is 5.32 Å². The number of urea groups is 1. The van der Waals surface area contributed by atoms with Crippen LogP contribution in [-0.4, -0.2) is 16.8 Å². The molecule has 1 saturated heterocycles. The Bertz CT molecular complexity index is 781. The molecule has 0 saturated carbocycles. The van der Waals surface area contributed by atoms with Gasteiger partial charge in [0.1, 0.15) is 5.54 Å². The van der Waals surface area contributed by atoms with Gasteiger partial charge in [-0.1, -0.05) is 73.0 Å². The lowest BCUT2D eigenvalue weighted by Gasteiger charge is -2.27. The lowest BCUT2D eigenvalue weighted by Crippen LogP contribution is -2.43. The van der Waals surface area contributed by atoms with Gasteiger partial charge in [0.25, 0.3) is 5.91 Å². The zero-order valence-electron chi connectivity index (χ0n) is 15.0. The fourth-order valence-corrected chi connectivity index (χ4v) is 3.72. The minimum absolute atomic E-state index is 0.162. The van der Waals surface area contributed by atoms with Crippen LogP contribution in [0.5, 0.6) is 0 Å². The first-order valence-electron chi connectivity index (χ1n) is 8.73. The van der Waals surface area contributed by atoms with Crippen molar-refractivity contribution in [1.29, 1.82) is 0 Å². The van der Waals surface area contributed by atoms with Crippen molar-refractivity contribution in [2.75, 3.05) is 0 Å². The van der Waals surface area contributed by atoms with Crippen molar-refractivity contribution in [3.63, 3.8) is 0 Å². The van der Waals surface area contributed by atoms with Crippen LogP contribution in [0, 0.1) is 13.8 Å². The van der Waals surface area contributed by atoms with Gasteiger partial charge in [-0.25, -0.2) is 4.79 Å². The van der Waals surface area contributed by atoms with Crippen LogP contribution in [0.25, 0.3) is 0 Å². The van der Waals surface area contributed by atoms with E-state index in [4.69, 9.17) is 0 Å². The number of aryl methyl sites for hydroxylation is 2. The molecule has 0 radical (unpaired) electrons. The van der Waals surface area contributed by atoms with Crippen molar-refractivity contribution >= 4 is 11.9 Å². The monoisotopic (exact) mass is 336 g/mol. The molecule has 0 bridgehead atoms. The third-order valence-electron chi connectivity index (χ3n) is 4.69. The molecule has 130 valence electrons. The van der Waals surface area contributed by atoms with Gasteiger partial charge in [-0.05, 0) is 31.4 Å². The summed E-state index contributed by atoms with van der Waals surface area (Å²) in [5.74, 6) is -0.162. The number of carbonyl (C=O) groups excluding carboxylic acids is 2. The minimum atomic E-state index is -0.952. The molecular formula is C21H24N2O2. The van der Waals surface area contributed by atoms with Crippen molar-refractivity contribution in [3.8, 4) is 0 Å². The summed E-state index contributed by atoms with van der Waals surface area (Å²) in [6.45, 7) is 6.36. The lowest BCUT2D eigenvalue weighted by atomic mass is 9.85. The molecule has 25 heavy (non-hydrogen) atoms. The maximum absolute atomic E-state index is 13.2. The zero-order valence-corrected chi connectivity index (χ0v) is 15.0. The third-order valence-corrected chi connectivity index (χ3v) is 4.69. The molecule has 1 unspecified atom stereocenters. The Hall–Kier alpha value is -2.62. The number of hydrogen-bond acceptors (Lipinski definition) is 2. The Kier molecular flexibility index (Phi) is 4.62. The average molecular weight is 336 g/mol. The van der Waals surface area contributed by atoms with Crippen LogP contribution in [-0.2, 0) is 16.9 Å². The molecule has 4 heteroatoms. The topological polar surface area (TPSA) is 49.4 Å². The Morgan fingerprint density at radius 1 is 1.00 bits per heavy atom. The molecule has 1 fully saturated rings. The van der Waals surface area contributed by atoms with E-state index in [9.17, 15) is 9.59 Å². The highest BCUT2D eigenvalue weighted by Gasteiger charge is 2.51. The summed E-state index contributed by atoms with van der Waals surface area (Å²) in [7, 11) is 0. The molecule has 0 spiro atoms. The SMILES string of the molecule is CCCC1(c2ccccc2)NC(=O)N(Cc2cc(C)cc(C)c2)C1=O. The minimum Gasteiger partial charge on any atom is -0.319 e. The predicted molar refractivity (Wildman–Crippen MR) is 98.0 cm³/mol. The van der Waals surface area contributed by atoms with Crippen LogP contribution >= 0.6 is 0 Å². The quantitative estimate of drug-likeness (QED) is 0.837. The van der Waals surface area contributed by atoms with E-state index in [-0.39, 0.29) is 11.9 Å². The van der Waals surface area contributed by atoms with E-state index in [0.717, 1.165) is 28.7 Å². The van der Waals surface area contributed by atoms with Gasteiger partial charge in [0, 0.05) is 0 Å². The van der Waals surface area contributed by atoms with Gasteiger partial charge < -0.3 is 5.32 Å². The fraction of sp³-hybridized carbons (Fsp3) is 0.333. The van der Waals surface area contributed by atoms with Crippen LogP contribution in [0.1, 0.15) is 42.0 Å². The van der Waals surface area contributed by atoms with Gasteiger partial charge in [0.15, 0.2) is 0 Å². The summed E-state index contributed by atoms with van der Waals surface area (Å²) in [4.78, 5) is 27.2. The number of nitrogens with one attached hydrogen (secondary N) is 1. The number of carbonyl (C=O) groups is 2. The van der Waals surface area contributed by atoms with Crippen molar-refractivity contribution in [1.82, 2.24) is 10.2 Å². The first kappa shape index (κ1) is 17.2. The molecule has 1 aliphatic rings. The van der Waals surface area contributed by atoms with E-state index in [1.165, 1.54) is 4.90 Å². The number of hydrogen-bond donors (Lipinski definition) is 1. The molecule has 4 nitrogen and oxygen atoms in total. The number of nitrogens with zero attached hydrogens (tertiary/aromatic N) is 1. The highest BCUT2D eigenvalue weighted by molar-refractivity contribution is 6.07. The summed E-state index contributed by atoms with van der Waals surface area (Å²) >= 11 is 0. The Labute approximate surface area is 148 Å². The summed E-state index contributed by atoms with van der Waals surface area (Å²) in [5, 5.41) is 2.97. The molecule has 3 amide bonds. The van der Waals surface area contributed by atoms with E-state index in [0.29, 0.717) is 13.0 Å². The van der Waals surface area contributed by atoms with Crippen LogP contribution in [0.2, 0.25) is 0 Å².